The number of anilines is 6. The van der Waals surface area contributed by atoms with Crippen LogP contribution in [0.2, 0.25) is 0 Å². The molecule has 1 aromatic heterocycles. The smallest absolute Gasteiger partial charge is 0.256 e. The SMILES string of the molecule is c1ccc(N2c3ccccc3B3c4cc5sc6cc(N(c7ccccc7)c7ccc8ccccc8c7)c7ccccc7c6c5cc4Oc4cccc2c43)cc1. The molecule has 0 spiro atoms. The summed E-state index contributed by atoms with van der Waals surface area (Å²) < 4.78 is 9.46. The van der Waals surface area contributed by atoms with Crippen LogP contribution in [0.3, 0.4) is 0 Å². The number of benzene rings is 9. The summed E-state index contributed by atoms with van der Waals surface area (Å²) in [5, 5.41) is 7.41. The van der Waals surface area contributed by atoms with Crippen LogP contribution in [0.25, 0.3) is 41.7 Å². The highest BCUT2D eigenvalue weighted by atomic mass is 32.1. The topological polar surface area (TPSA) is 15.7 Å². The van der Waals surface area contributed by atoms with Crippen molar-refractivity contribution in [3.8, 4) is 11.5 Å². The lowest BCUT2D eigenvalue weighted by molar-refractivity contribution is 0.488. The van der Waals surface area contributed by atoms with E-state index in [4.69, 9.17) is 4.74 Å². The molecule has 3 nitrogen and oxygen atoms in total. The number of ether oxygens (including phenoxy) is 1. The predicted molar refractivity (Wildman–Crippen MR) is 235 cm³/mol. The zero-order chi connectivity index (χ0) is 36.0. The largest absolute Gasteiger partial charge is 0.458 e. The van der Waals surface area contributed by atoms with Crippen LogP contribution in [0, 0.1) is 0 Å². The van der Waals surface area contributed by atoms with Crippen LogP contribution in [0.5, 0.6) is 11.5 Å². The summed E-state index contributed by atoms with van der Waals surface area (Å²) in [4.78, 5) is 4.81. The molecule has 2 aliphatic rings. The van der Waals surface area contributed by atoms with Gasteiger partial charge in [0, 0.05) is 54.0 Å². The second-order valence-electron chi connectivity index (χ2n) is 14.5. The maximum absolute atomic E-state index is 6.94. The van der Waals surface area contributed by atoms with Crippen molar-refractivity contribution in [3.05, 3.63) is 188 Å². The summed E-state index contributed by atoms with van der Waals surface area (Å²) in [6.45, 7) is 0.0505. The average Bonchev–Trinajstić information content (AvgIpc) is 3.61. The third kappa shape index (κ3) is 4.57. The summed E-state index contributed by atoms with van der Waals surface area (Å²) in [6.07, 6.45) is 0. The van der Waals surface area contributed by atoms with E-state index in [9.17, 15) is 0 Å². The van der Waals surface area contributed by atoms with E-state index in [0.29, 0.717) is 0 Å². The van der Waals surface area contributed by atoms with Crippen LogP contribution in [0.15, 0.2) is 188 Å². The highest BCUT2D eigenvalue weighted by Crippen LogP contribution is 2.48. The van der Waals surface area contributed by atoms with E-state index >= 15 is 0 Å². The molecule has 256 valence electrons. The van der Waals surface area contributed by atoms with Gasteiger partial charge in [-0.05, 0) is 105 Å². The lowest BCUT2D eigenvalue weighted by Gasteiger charge is -2.39. The van der Waals surface area contributed by atoms with E-state index in [1.807, 2.05) is 11.3 Å². The van der Waals surface area contributed by atoms with Crippen molar-refractivity contribution in [3.63, 3.8) is 0 Å². The first-order valence-corrected chi connectivity index (χ1v) is 19.6. The molecule has 55 heavy (non-hydrogen) atoms. The third-order valence-electron chi connectivity index (χ3n) is 11.4. The first-order chi connectivity index (χ1) is 27.3. The fourth-order valence-electron chi connectivity index (χ4n) is 9.11. The van der Waals surface area contributed by atoms with Crippen LogP contribution in [0.4, 0.5) is 34.1 Å². The van der Waals surface area contributed by atoms with Crippen LogP contribution >= 0.6 is 11.3 Å². The Bertz CT molecular complexity index is 3160. The molecular weight excluding hydrogens is 687 g/mol. The summed E-state index contributed by atoms with van der Waals surface area (Å²) in [6, 6.07) is 68.2. The van der Waals surface area contributed by atoms with Gasteiger partial charge in [-0.1, -0.05) is 115 Å². The molecule has 0 atom stereocenters. The number of hydrogen-bond acceptors (Lipinski definition) is 4. The monoisotopic (exact) mass is 718 g/mol. The Morgan fingerprint density at radius 2 is 1.20 bits per heavy atom. The molecule has 10 aromatic rings. The Labute approximate surface area is 323 Å². The molecule has 0 aliphatic carbocycles. The number of hydrogen-bond donors (Lipinski definition) is 0. The molecule has 9 aromatic carbocycles. The molecule has 0 N–H and O–H groups in total. The normalized spacial score (nSPS) is 12.8. The molecule has 12 rings (SSSR count). The molecule has 2 aliphatic heterocycles. The fraction of sp³-hybridized carbons (Fsp3) is 0. The molecule has 0 saturated carbocycles. The van der Waals surface area contributed by atoms with E-state index < -0.39 is 0 Å². The van der Waals surface area contributed by atoms with Gasteiger partial charge in [-0.2, -0.15) is 0 Å². The lowest BCUT2D eigenvalue weighted by Crippen LogP contribution is -2.59. The first kappa shape index (κ1) is 30.6. The van der Waals surface area contributed by atoms with Gasteiger partial charge in [0.05, 0.1) is 5.69 Å². The van der Waals surface area contributed by atoms with Crippen molar-refractivity contribution in [2.24, 2.45) is 0 Å². The zero-order valence-corrected chi connectivity index (χ0v) is 30.5. The summed E-state index contributed by atoms with van der Waals surface area (Å²) in [7, 11) is 0. The van der Waals surface area contributed by atoms with E-state index in [1.165, 1.54) is 69.5 Å². The molecule has 0 saturated heterocycles. The van der Waals surface area contributed by atoms with Gasteiger partial charge in [-0.25, -0.2) is 0 Å². The van der Waals surface area contributed by atoms with Crippen molar-refractivity contribution < 1.29 is 4.74 Å². The van der Waals surface area contributed by atoms with Crippen molar-refractivity contribution >= 4 is 110 Å². The van der Waals surface area contributed by atoms with Gasteiger partial charge in [0.1, 0.15) is 11.5 Å². The molecular formula is C50H31BN2OS. The maximum Gasteiger partial charge on any atom is 0.256 e. The lowest BCUT2D eigenvalue weighted by atomic mass is 9.34. The number of nitrogens with zero attached hydrogens (tertiary/aromatic N) is 2. The van der Waals surface area contributed by atoms with Crippen LogP contribution in [-0.4, -0.2) is 6.71 Å². The van der Waals surface area contributed by atoms with Crippen molar-refractivity contribution in [1.29, 1.82) is 0 Å². The third-order valence-corrected chi connectivity index (χ3v) is 12.5. The number of para-hydroxylation sites is 3. The molecule has 5 heteroatoms. The average molecular weight is 719 g/mol. The van der Waals surface area contributed by atoms with E-state index in [-0.39, 0.29) is 6.71 Å². The minimum Gasteiger partial charge on any atom is -0.458 e. The van der Waals surface area contributed by atoms with Crippen LogP contribution in [0.1, 0.15) is 0 Å². The minimum atomic E-state index is 0.0505. The van der Waals surface area contributed by atoms with Crippen molar-refractivity contribution in [2.45, 2.75) is 0 Å². The summed E-state index contributed by atoms with van der Waals surface area (Å²) >= 11 is 1.88. The van der Waals surface area contributed by atoms with E-state index in [1.54, 1.807) is 0 Å². The molecule has 0 bridgehead atoms. The molecule has 0 radical (unpaired) electrons. The molecule has 0 unspecified atom stereocenters. The molecule has 3 heterocycles. The zero-order valence-electron chi connectivity index (χ0n) is 29.7. The second-order valence-corrected chi connectivity index (χ2v) is 15.5. The number of thiophene rings is 1. The molecule has 0 amide bonds. The number of rotatable bonds is 4. The van der Waals surface area contributed by atoms with Gasteiger partial charge >= 0.3 is 0 Å². The Kier molecular flexibility index (Phi) is 6.60. The van der Waals surface area contributed by atoms with Gasteiger partial charge in [0.2, 0.25) is 0 Å². The first-order valence-electron chi connectivity index (χ1n) is 18.8. The van der Waals surface area contributed by atoms with Gasteiger partial charge < -0.3 is 14.5 Å². The Morgan fingerprint density at radius 1 is 0.473 bits per heavy atom. The van der Waals surface area contributed by atoms with E-state index in [2.05, 4.69) is 198 Å². The minimum absolute atomic E-state index is 0.0505. The Morgan fingerprint density at radius 3 is 2.07 bits per heavy atom. The maximum atomic E-state index is 6.94. The van der Waals surface area contributed by atoms with Gasteiger partial charge in [0.25, 0.3) is 6.71 Å². The quantitative estimate of drug-likeness (QED) is 0.169. The predicted octanol–water partition coefficient (Wildman–Crippen LogP) is 12.2. The van der Waals surface area contributed by atoms with E-state index in [0.717, 1.165) is 34.2 Å². The summed E-state index contributed by atoms with van der Waals surface area (Å²) in [5.74, 6) is 1.85. The Balaban J connectivity index is 1.09. The number of fused-ring (bicyclic) bond motifs is 10. The fourth-order valence-corrected chi connectivity index (χ4v) is 10.3. The molecule has 0 fully saturated rings. The Hall–Kier alpha value is -6.82. The summed E-state index contributed by atoms with van der Waals surface area (Å²) in [5.41, 5.74) is 10.7. The standard InChI is InChI=1S/C50H31BN2OS/c1-3-16-34(17-4-1)52(36-27-26-32-14-7-8-15-33(32)28-36)44-31-48-49(38-21-10-9-20-37(38)44)39-29-46-41(30-47(39)55-48)51-40-22-11-12-23-42(40)53(35-18-5-2-6-19-35)43-24-13-25-45(54-46)50(43)51/h1-31H. The van der Waals surface area contributed by atoms with Gasteiger partial charge in [-0.3, -0.25) is 0 Å². The van der Waals surface area contributed by atoms with Gasteiger partial charge in [-0.15, -0.1) is 11.3 Å². The second kappa shape index (κ2) is 11.8. The highest BCUT2D eigenvalue weighted by molar-refractivity contribution is 7.26. The van der Waals surface area contributed by atoms with Crippen molar-refractivity contribution in [1.82, 2.24) is 0 Å². The highest BCUT2D eigenvalue weighted by Gasteiger charge is 2.41. The van der Waals surface area contributed by atoms with Crippen molar-refractivity contribution in [2.75, 3.05) is 9.80 Å². The van der Waals surface area contributed by atoms with Crippen LogP contribution < -0.4 is 30.9 Å². The van der Waals surface area contributed by atoms with Gasteiger partial charge in [0.15, 0.2) is 0 Å². The van der Waals surface area contributed by atoms with Crippen LogP contribution in [-0.2, 0) is 0 Å².